The van der Waals surface area contributed by atoms with Crippen molar-refractivity contribution in [3.05, 3.63) is 16.3 Å². The molecule has 1 aromatic rings. The maximum atomic E-state index is 10.8. The molecule has 0 fully saturated rings. The normalized spacial score (nSPS) is 12.5. The first-order valence-corrected chi connectivity index (χ1v) is 6.57. The fraction of sp³-hybridized carbons (Fsp3) is 0.250. The van der Waals surface area contributed by atoms with Gasteiger partial charge < -0.3 is 9.94 Å². The minimum absolute atomic E-state index is 0.0000926. The second-order valence-electron chi connectivity index (χ2n) is 2.95. The molecule has 0 aliphatic heterocycles. The molecule has 9 heteroatoms. The number of esters is 1. The Morgan fingerprint density at radius 3 is 2.65 bits per heavy atom. The van der Waals surface area contributed by atoms with Crippen molar-refractivity contribution in [1.29, 1.82) is 0 Å². The van der Waals surface area contributed by atoms with Crippen molar-refractivity contribution in [2.45, 2.75) is 11.8 Å². The van der Waals surface area contributed by atoms with Gasteiger partial charge >= 0.3 is 5.97 Å². The third kappa shape index (κ3) is 3.80. The Kier molecular flexibility index (Phi) is 4.21. The Bertz CT molecular complexity index is 544. The van der Waals surface area contributed by atoms with Gasteiger partial charge in [-0.1, -0.05) is 5.16 Å². The van der Waals surface area contributed by atoms with Gasteiger partial charge in [-0.05, 0) is 6.07 Å². The zero-order valence-corrected chi connectivity index (χ0v) is 10.3. The molecule has 0 bridgehead atoms. The molecule has 7 nitrogen and oxygen atoms in total. The molecule has 0 aliphatic rings. The first kappa shape index (κ1) is 13.6. The molecule has 1 rings (SSSR count). The standard InChI is InChI=1S/C8H9NO6S2/c1-5(10)15-3-7(9-11)8-2-6(4-16-8)17(12,13)14/h2,4,11H,3H2,1H3,(H,12,13,14). The van der Waals surface area contributed by atoms with Gasteiger partial charge in [0.25, 0.3) is 10.1 Å². The maximum absolute atomic E-state index is 10.8. The lowest BCUT2D eigenvalue weighted by molar-refractivity contribution is -0.139. The van der Waals surface area contributed by atoms with E-state index in [-0.39, 0.29) is 22.1 Å². The topological polar surface area (TPSA) is 113 Å². The van der Waals surface area contributed by atoms with Gasteiger partial charge in [-0.2, -0.15) is 8.42 Å². The lowest BCUT2D eigenvalue weighted by Crippen LogP contribution is -2.12. The average molecular weight is 279 g/mol. The van der Waals surface area contributed by atoms with Gasteiger partial charge in [0.15, 0.2) is 0 Å². The van der Waals surface area contributed by atoms with Crippen LogP contribution in [0.25, 0.3) is 0 Å². The molecule has 0 saturated carbocycles. The molecule has 0 amide bonds. The van der Waals surface area contributed by atoms with Crippen LogP contribution in [0.1, 0.15) is 11.8 Å². The van der Waals surface area contributed by atoms with E-state index in [1.54, 1.807) is 0 Å². The van der Waals surface area contributed by atoms with Gasteiger partial charge in [-0.15, -0.1) is 11.3 Å². The van der Waals surface area contributed by atoms with Gasteiger partial charge in [-0.25, -0.2) is 0 Å². The van der Waals surface area contributed by atoms with Crippen LogP contribution in [0.4, 0.5) is 0 Å². The molecule has 1 aromatic heterocycles. The fourth-order valence-electron chi connectivity index (χ4n) is 0.925. The molecule has 0 aliphatic carbocycles. The number of oxime groups is 1. The first-order chi connectivity index (χ1) is 7.84. The molecule has 0 spiro atoms. The SMILES string of the molecule is CC(=O)OCC(=NO)c1cc(S(=O)(=O)O)cs1. The van der Waals surface area contributed by atoms with Crippen molar-refractivity contribution in [3.8, 4) is 0 Å². The van der Waals surface area contributed by atoms with E-state index in [4.69, 9.17) is 9.76 Å². The average Bonchev–Trinajstić information content (AvgIpc) is 2.67. The van der Waals surface area contributed by atoms with Gasteiger partial charge in [0.2, 0.25) is 0 Å². The molecule has 94 valence electrons. The number of hydrogen-bond acceptors (Lipinski definition) is 7. The number of hydrogen-bond donors (Lipinski definition) is 2. The predicted molar refractivity (Wildman–Crippen MR) is 59.1 cm³/mol. The van der Waals surface area contributed by atoms with E-state index >= 15 is 0 Å². The summed E-state index contributed by atoms with van der Waals surface area (Å²) in [5.41, 5.74) is 0.0000926. The van der Waals surface area contributed by atoms with Crippen LogP contribution in [0.3, 0.4) is 0 Å². The lowest BCUT2D eigenvalue weighted by atomic mass is 10.3. The third-order valence-corrected chi connectivity index (χ3v) is 3.65. The van der Waals surface area contributed by atoms with Crippen LogP contribution < -0.4 is 0 Å². The number of carbonyl (C=O) groups excluding carboxylic acids is 1. The van der Waals surface area contributed by atoms with Crippen molar-refractivity contribution in [3.63, 3.8) is 0 Å². The van der Waals surface area contributed by atoms with E-state index in [1.807, 2.05) is 0 Å². The number of nitrogens with zero attached hydrogens (tertiary/aromatic N) is 1. The van der Waals surface area contributed by atoms with E-state index in [0.717, 1.165) is 17.4 Å². The summed E-state index contributed by atoms with van der Waals surface area (Å²) in [4.78, 5) is 10.5. The molecular formula is C8H9NO6S2. The minimum atomic E-state index is -4.29. The predicted octanol–water partition coefficient (Wildman–Crippen LogP) is 0.736. The molecule has 1 heterocycles. The quantitative estimate of drug-likeness (QED) is 0.276. The summed E-state index contributed by atoms with van der Waals surface area (Å²) >= 11 is 0.940. The second-order valence-corrected chi connectivity index (χ2v) is 5.28. The molecule has 0 unspecified atom stereocenters. The Morgan fingerprint density at radius 2 is 2.24 bits per heavy atom. The highest BCUT2D eigenvalue weighted by atomic mass is 32.2. The van der Waals surface area contributed by atoms with Crippen LogP contribution in [-0.4, -0.2) is 36.5 Å². The van der Waals surface area contributed by atoms with Crippen LogP contribution in [0.2, 0.25) is 0 Å². The van der Waals surface area contributed by atoms with Crippen molar-refractivity contribution in [1.82, 2.24) is 0 Å². The monoisotopic (exact) mass is 279 g/mol. The molecule has 0 saturated heterocycles. The van der Waals surface area contributed by atoms with E-state index < -0.39 is 16.1 Å². The Labute approximate surface area is 101 Å². The Balaban J connectivity index is 2.92. The molecule has 0 aromatic carbocycles. The maximum Gasteiger partial charge on any atom is 0.303 e. The van der Waals surface area contributed by atoms with Gasteiger partial charge in [-0.3, -0.25) is 9.35 Å². The van der Waals surface area contributed by atoms with E-state index in [2.05, 4.69) is 9.89 Å². The summed E-state index contributed by atoms with van der Waals surface area (Å²) in [7, 11) is -4.29. The largest absolute Gasteiger partial charge is 0.459 e. The highest BCUT2D eigenvalue weighted by Crippen LogP contribution is 2.20. The summed E-state index contributed by atoms with van der Waals surface area (Å²) < 4.78 is 35.0. The lowest BCUT2D eigenvalue weighted by Gasteiger charge is -2.01. The van der Waals surface area contributed by atoms with E-state index in [1.165, 1.54) is 12.3 Å². The number of thiophene rings is 1. The van der Waals surface area contributed by atoms with Crippen molar-refractivity contribution in [2.24, 2.45) is 5.16 Å². The van der Waals surface area contributed by atoms with E-state index in [9.17, 15) is 13.2 Å². The molecule has 2 N–H and O–H groups in total. The Morgan fingerprint density at radius 1 is 1.59 bits per heavy atom. The minimum Gasteiger partial charge on any atom is -0.459 e. The van der Waals surface area contributed by atoms with Crippen LogP contribution in [0, 0.1) is 0 Å². The zero-order chi connectivity index (χ0) is 13.1. The zero-order valence-electron chi connectivity index (χ0n) is 8.65. The Hall–Kier alpha value is -1.45. The molecule has 0 atom stereocenters. The van der Waals surface area contributed by atoms with Crippen molar-refractivity contribution >= 4 is 33.1 Å². The summed E-state index contributed by atoms with van der Waals surface area (Å²) in [6.07, 6.45) is 0. The molecular weight excluding hydrogens is 270 g/mol. The first-order valence-electron chi connectivity index (χ1n) is 4.25. The highest BCUT2D eigenvalue weighted by Gasteiger charge is 2.16. The van der Waals surface area contributed by atoms with Crippen LogP contribution in [0.15, 0.2) is 21.5 Å². The van der Waals surface area contributed by atoms with Gasteiger partial charge in [0.1, 0.15) is 17.2 Å². The van der Waals surface area contributed by atoms with Crippen LogP contribution in [0.5, 0.6) is 0 Å². The molecule has 17 heavy (non-hydrogen) atoms. The van der Waals surface area contributed by atoms with Gasteiger partial charge in [0, 0.05) is 12.3 Å². The highest BCUT2D eigenvalue weighted by molar-refractivity contribution is 7.86. The number of ether oxygens (including phenoxy) is 1. The summed E-state index contributed by atoms with van der Waals surface area (Å²) in [5.74, 6) is -0.558. The number of carbonyl (C=O) groups is 1. The third-order valence-electron chi connectivity index (χ3n) is 1.69. The van der Waals surface area contributed by atoms with Gasteiger partial charge in [0.05, 0.1) is 4.88 Å². The summed E-state index contributed by atoms with van der Waals surface area (Å²) in [6.45, 7) is 0.907. The molecule has 0 radical (unpaired) electrons. The van der Waals surface area contributed by atoms with Crippen LogP contribution >= 0.6 is 11.3 Å². The number of rotatable bonds is 4. The van der Waals surface area contributed by atoms with Crippen LogP contribution in [-0.2, 0) is 19.6 Å². The van der Waals surface area contributed by atoms with E-state index in [0.29, 0.717) is 0 Å². The summed E-state index contributed by atoms with van der Waals surface area (Å²) in [5, 5.41) is 12.8. The van der Waals surface area contributed by atoms with Crippen molar-refractivity contribution < 1.29 is 27.7 Å². The van der Waals surface area contributed by atoms with Crippen molar-refractivity contribution in [2.75, 3.05) is 6.61 Å². The fourth-order valence-corrected chi connectivity index (χ4v) is 2.64. The summed E-state index contributed by atoms with van der Waals surface area (Å²) in [6, 6.07) is 1.12. The second kappa shape index (κ2) is 5.25. The smallest absolute Gasteiger partial charge is 0.303 e.